The lowest BCUT2D eigenvalue weighted by molar-refractivity contribution is -0.141. The summed E-state index contributed by atoms with van der Waals surface area (Å²) in [5, 5.41) is 1.27. The summed E-state index contributed by atoms with van der Waals surface area (Å²) in [4.78, 5) is 20.3. The van der Waals surface area contributed by atoms with Crippen molar-refractivity contribution < 1.29 is 18.4 Å². The Balaban J connectivity index is 2.50. The number of hydrogen-bond acceptors (Lipinski definition) is 2. The monoisotopic (exact) mass is 340 g/mol. The number of carbonyl (C=O) groups excluding carboxylic acids is 2. The van der Waals surface area contributed by atoms with Gasteiger partial charge >= 0.3 is 4.83 Å². The largest absolute Gasteiger partial charge is 0.301 e. The molecule has 0 bridgehead atoms. The Hall–Kier alpha value is -0.720. The Morgan fingerprint density at radius 2 is 2.21 bits per heavy atom. The Morgan fingerprint density at radius 3 is 2.79 bits per heavy atom. The summed E-state index contributed by atoms with van der Waals surface area (Å²) >= 11 is 2.33. The van der Waals surface area contributed by atoms with E-state index in [4.69, 9.17) is 0 Å². The van der Waals surface area contributed by atoms with E-state index in [1.165, 1.54) is 5.01 Å². The van der Waals surface area contributed by atoms with Gasteiger partial charge in [0.15, 0.2) is 0 Å². The first-order valence-electron chi connectivity index (χ1n) is 6.48. The van der Waals surface area contributed by atoms with Crippen LogP contribution in [-0.4, -0.2) is 28.2 Å². The fourth-order valence-electron chi connectivity index (χ4n) is 2.13. The van der Waals surface area contributed by atoms with E-state index in [1.807, 2.05) is 6.92 Å². The third-order valence-corrected chi connectivity index (χ3v) is 3.41. The van der Waals surface area contributed by atoms with Crippen LogP contribution >= 0.6 is 15.9 Å². The highest BCUT2D eigenvalue weighted by atomic mass is 79.9. The summed E-state index contributed by atoms with van der Waals surface area (Å²) in [6, 6.07) is 0. The van der Waals surface area contributed by atoms with E-state index in [1.54, 1.807) is 0 Å². The van der Waals surface area contributed by atoms with Crippen LogP contribution in [0.1, 0.15) is 45.4 Å². The van der Waals surface area contributed by atoms with Gasteiger partial charge in [0.25, 0.3) is 0 Å². The lowest BCUT2D eigenvalue weighted by Crippen LogP contribution is -2.45. The molecule has 1 saturated heterocycles. The molecule has 19 heavy (non-hydrogen) atoms. The van der Waals surface area contributed by atoms with E-state index in [0.717, 1.165) is 0 Å². The van der Waals surface area contributed by atoms with Gasteiger partial charge in [0.1, 0.15) is 0 Å². The molecule has 2 amide bonds. The Bertz CT molecular complexity index is 334. The Kier molecular flexibility index (Phi) is 6.16. The van der Waals surface area contributed by atoms with Gasteiger partial charge in [-0.05, 0) is 41.1 Å². The predicted octanol–water partition coefficient (Wildman–Crippen LogP) is 2.82. The average molecular weight is 341 g/mol. The van der Waals surface area contributed by atoms with Gasteiger partial charge in [-0.3, -0.25) is 20.0 Å². The molecule has 0 saturated carbocycles. The van der Waals surface area contributed by atoms with Gasteiger partial charge in [0.05, 0.1) is 0 Å². The first-order chi connectivity index (χ1) is 8.81. The van der Waals surface area contributed by atoms with Crippen molar-refractivity contribution in [3.05, 3.63) is 0 Å². The molecule has 1 aliphatic heterocycles. The summed E-state index contributed by atoms with van der Waals surface area (Å²) in [5.41, 5.74) is 2.54. The molecule has 0 aromatic carbocycles. The number of halogens is 3. The summed E-state index contributed by atoms with van der Waals surface area (Å²) < 4.78 is 25.8. The van der Waals surface area contributed by atoms with Crippen molar-refractivity contribution in [2.45, 2.75) is 50.3 Å². The molecule has 0 spiro atoms. The summed E-state index contributed by atoms with van der Waals surface area (Å²) in [6.07, 6.45) is 1.87. The Labute approximate surface area is 120 Å². The molecule has 1 aliphatic rings. The van der Waals surface area contributed by atoms with E-state index in [-0.39, 0.29) is 30.6 Å². The fraction of sp³-hybridized carbons (Fsp3) is 0.833. The maximum atomic E-state index is 12.9. The molecule has 1 unspecified atom stereocenters. The molecule has 110 valence electrons. The van der Waals surface area contributed by atoms with Crippen molar-refractivity contribution in [2.75, 3.05) is 6.54 Å². The standard InChI is InChI=1S/C12H19BrF2N2O2/c1-2-3-10(18)16-17-7-6-9(4-5-11(17)19)8-12(13,14)15/h9H,2-8H2,1H3,(H,16,18). The number of nitrogens with zero attached hydrogens (tertiary/aromatic N) is 1. The van der Waals surface area contributed by atoms with Crippen LogP contribution in [0.15, 0.2) is 0 Å². The second-order valence-corrected chi connectivity index (χ2v) is 6.00. The molecule has 1 N–H and O–H groups in total. The van der Waals surface area contributed by atoms with Gasteiger partial charge in [-0.25, -0.2) is 0 Å². The molecule has 0 aromatic heterocycles. The summed E-state index contributed by atoms with van der Waals surface area (Å²) in [5.74, 6) is -0.628. The molecule has 7 heteroatoms. The minimum absolute atomic E-state index is 0.195. The Morgan fingerprint density at radius 1 is 1.53 bits per heavy atom. The molecule has 4 nitrogen and oxygen atoms in total. The second kappa shape index (κ2) is 7.17. The maximum absolute atomic E-state index is 12.9. The first kappa shape index (κ1) is 16.3. The number of hydrogen-bond donors (Lipinski definition) is 1. The van der Waals surface area contributed by atoms with Crippen LogP contribution in [0.3, 0.4) is 0 Å². The second-order valence-electron chi connectivity index (χ2n) is 4.84. The van der Waals surface area contributed by atoms with Crippen molar-refractivity contribution in [3.8, 4) is 0 Å². The van der Waals surface area contributed by atoms with E-state index in [2.05, 4.69) is 21.4 Å². The van der Waals surface area contributed by atoms with Gasteiger partial charge in [-0.15, -0.1) is 0 Å². The molecule has 1 atom stereocenters. The highest BCUT2D eigenvalue weighted by Gasteiger charge is 2.32. The van der Waals surface area contributed by atoms with Crippen LogP contribution in [-0.2, 0) is 9.59 Å². The lowest BCUT2D eigenvalue weighted by atomic mass is 9.97. The summed E-state index contributed by atoms with van der Waals surface area (Å²) in [6.45, 7) is 2.17. The average Bonchev–Trinajstić information content (AvgIpc) is 2.43. The zero-order valence-electron chi connectivity index (χ0n) is 10.9. The van der Waals surface area contributed by atoms with Gasteiger partial charge < -0.3 is 0 Å². The minimum Gasteiger partial charge on any atom is -0.273 e. The van der Waals surface area contributed by atoms with Crippen molar-refractivity contribution in [3.63, 3.8) is 0 Å². The molecule has 1 heterocycles. The van der Waals surface area contributed by atoms with Gasteiger partial charge in [0, 0.05) is 25.8 Å². The third kappa shape index (κ3) is 6.31. The SMILES string of the molecule is CCCC(=O)NN1CCC(CC(F)(F)Br)CCC1=O. The van der Waals surface area contributed by atoms with Crippen LogP contribution < -0.4 is 5.43 Å². The molecule has 0 aliphatic carbocycles. The van der Waals surface area contributed by atoms with E-state index >= 15 is 0 Å². The molecule has 1 rings (SSSR count). The quantitative estimate of drug-likeness (QED) is 0.782. The molecule has 1 fully saturated rings. The van der Waals surface area contributed by atoms with Gasteiger partial charge in [-0.2, -0.15) is 8.78 Å². The van der Waals surface area contributed by atoms with Crippen molar-refractivity contribution >= 4 is 27.7 Å². The molecule has 0 radical (unpaired) electrons. The van der Waals surface area contributed by atoms with Crippen LogP contribution in [0, 0.1) is 5.92 Å². The van der Waals surface area contributed by atoms with Crippen LogP contribution in [0.25, 0.3) is 0 Å². The van der Waals surface area contributed by atoms with Crippen molar-refractivity contribution in [1.82, 2.24) is 10.4 Å². The minimum atomic E-state index is -2.89. The molecular weight excluding hydrogens is 322 g/mol. The summed E-state index contributed by atoms with van der Waals surface area (Å²) in [7, 11) is 0. The molecular formula is C12H19BrF2N2O2. The lowest BCUT2D eigenvalue weighted by Gasteiger charge is -2.21. The van der Waals surface area contributed by atoms with Gasteiger partial charge in [0.2, 0.25) is 11.8 Å². The zero-order chi connectivity index (χ0) is 14.5. The highest BCUT2D eigenvalue weighted by molar-refractivity contribution is 9.09. The number of hydrazine groups is 1. The number of carbonyl (C=O) groups is 2. The normalized spacial score (nSPS) is 21.2. The van der Waals surface area contributed by atoms with Crippen molar-refractivity contribution in [2.24, 2.45) is 5.92 Å². The topological polar surface area (TPSA) is 49.4 Å². The number of rotatable bonds is 5. The van der Waals surface area contributed by atoms with Crippen LogP contribution in [0.5, 0.6) is 0 Å². The van der Waals surface area contributed by atoms with Crippen molar-refractivity contribution in [1.29, 1.82) is 0 Å². The van der Waals surface area contributed by atoms with Crippen LogP contribution in [0.4, 0.5) is 8.78 Å². The predicted molar refractivity (Wildman–Crippen MR) is 70.6 cm³/mol. The van der Waals surface area contributed by atoms with E-state index < -0.39 is 4.83 Å². The third-order valence-electron chi connectivity index (χ3n) is 3.09. The maximum Gasteiger partial charge on any atom is 0.301 e. The fourth-order valence-corrected chi connectivity index (χ4v) is 2.58. The van der Waals surface area contributed by atoms with Crippen LogP contribution in [0.2, 0.25) is 0 Å². The number of alkyl halides is 3. The first-order valence-corrected chi connectivity index (χ1v) is 7.27. The number of nitrogens with one attached hydrogen (secondary N) is 1. The van der Waals surface area contributed by atoms with E-state index in [0.29, 0.717) is 32.2 Å². The number of amides is 2. The van der Waals surface area contributed by atoms with E-state index in [9.17, 15) is 18.4 Å². The van der Waals surface area contributed by atoms with Gasteiger partial charge in [-0.1, -0.05) is 6.92 Å². The highest BCUT2D eigenvalue weighted by Crippen LogP contribution is 2.34. The smallest absolute Gasteiger partial charge is 0.273 e. The zero-order valence-corrected chi connectivity index (χ0v) is 12.5. The molecule has 0 aromatic rings.